The molecule has 2 aliphatic rings. The summed E-state index contributed by atoms with van der Waals surface area (Å²) in [6, 6.07) is 10.3. The standard InChI is InChI=1S/C21H18N6O/c28-20-9-14-4-3-13(7-16(14)24-20)15-8-18(21-22-5-6-27(21)11-15)23-19-10-17(25-26-19)12-1-2-12/h3-8,10-12H,1-2,9H2,(H,24,28)(H2,23,25,26). The molecule has 3 aromatic heterocycles. The van der Waals surface area contributed by atoms with Gasteiger partial charge >= 0.3 is 0 Å². The summed E-state index contributed by atoms with van der Waals surface area (Å²) in [6.07, 6.45) is 8.68. The van der Waals surface area contributed by atoms with Crippen molar-refractivity contribution in [3.63, 3.8) is 0 Å². The number of carbonyl (C=O) groups excluding carboxylic acids is 1. The molecule has 0 unspecified atom stereocenters. The van der Waals surface area contributed by atoms with E-state index in [4.69, 9.17) is 0 Å². The third-order valence-electron chi connectivity index (χ3n) is 5.43. The third-order valence-corrected chi connectivity index (χ3v) is 5.43. The van der Waals surface area contributed by atoms with Gasteiger partial charge in [-0.1, -0.05) is 12.1 Å². The van der Waals surface area contributed by atoms with Crippen molar-refractivity contribution >= 4 is 28.7 Å². The number of hydrogen-bond donors (Lipinski definition) is 3. The van der Waals surface area contributed by atoms with Crippen molar-refractivity contribution in [1.82, 2.24) is 19.6 Å². The zero-order valence-corrected chi connectivity index (χ0v) is 15.1. The predicted molar refractivity (Wildman–Crippen MR) is 107 cm³/mol. The van der Waals surface area contributed by atoms with E-state index in [0.717, 1.165) is 39.5 Å². The smallest absolute Gasteiger partial charge is 0.228 e. The SMILES string of the molecule is O=C1Cc2ccc(-c3cc(Nc4cc(C5CC5)[nH]n4)c4nccn4c3)cc2N1. The first kappa shape index (κ1) is 15.4. The average Bonchev–Trinajstić information content (AvgIpc) is 3.09. The minimum absolute atomic E-state index is 0.0459. The van der Waals surface area contributed by atoms with Gasteiger partial charge in [-0.05, 0) is 36.1 Å². The highest BCUT2D eigenvalue weighted by Crippen LogP contribution is 2.40. The Labute approximate surface area is 160 Å². The highest BCUT2D eigenvalue weighted by molar-refractivity contribution is 6.00. The molecule has 4 heterocycles. The first-order valence-corrected chi connectivity index (χ1v) is 9.45. The van der Waals surface area contributed by atoms with Crippen molar-refractivity contribution in [1.29, 1.82) is 0 Å². The Morgan fingerprint density at radius 2 is 2.07 bits per heavy atom. The lowest BCUT2D eigenvalue weighted by molar-refractivity contribution is -0.115. The number of nitrogens with zero attached hydrogens (tertiary/aromatic N) is 3. The number of fused-ring (bicyclic) bond motifs is 2. The van der Waals surface area contributed by atoms with Gasteiger partial charge in [0.25, 0.3) is 0 Å². The van der Waals surface area contributed by atoms with Crippen LogP contribution < -0.4 is 10.6 Å². The molecule has 1 aliphatic carbocycles. The maximum atomic E-state index is 11.7. The molecule has 1 aliphatic heterocycles. The van der Waals surface area contributed by atoms with Gasteiger partial charge in [0.15, 0.2) is 11.5 Å². The number of pyridine rings is 1. The molecular formula is C21H18N6O. The quantitative estimate of drug-likeness (QED) is 0.509. The van der Waals surface area contributed by atoms with Crippen LogP contribution in [0.3, 0.4) is 0 Å². The van der Waals surface area contributed by atoms with Crippen LogP contribution in [0.25, 0.3) is 16.8 Å². The Balaban J connectivity index is 1.40. The second-order valence-electron chi connectivity index (χ2n) is 7.51. The monoisotopic (exact) mass is 370 g/mol. The number of benzene rings is 1. The fraction of sp³-hybridized carbons (Fsp3) is 0.190. The van der Waals surface area contributed by atoms with Crippen LogP contribution in [-0.2, 0) is 11.2 Å². The number of nitrogens with one attached hydrogen (secondary N) is 3. The van der Waals surface area contributed by atoms with Gasteiger partial charge in [0.1, 0.15) is 0 Å². The van der Waals surface area contributed by atoms with E-state index in [1.54, 1.807) is 6.20 Å². The van der Waals surface area contributed by atoms with Crippen molar-refractivity contribution in [2.75, 3.05) is 10.6 Å². The minimum Gasteiger partial charge on any atom is -0.336 e. The van der Waals surface area contributed by atoms with Crippen molar-refractivity contribution < 1.29 is 4.79 Å². The maximum Gasteiger partial charge on any atom is 0.228 e. The van der Waals surface area contributed by atoms with Crippen molar-refractivity contribution in [2.45, 2.75) is 25.2 Å². The number of rotatable bonds is 4. The van der Waals surface area contributed by atoms with E-state index < -0.39 is 0 Å². The van der Waals surface area contributed by atoms with Crippen LogP contribution in [0.4, 0.5) is 17.2 Å². The molecule has 1 amide bonds. The molecule has 7 nitrogen and oxygen atoms in total. The van der Waals surface area contributed by atoms with Crippen LogP contribution in [0.1, 0.15) is 30.0 Å². The highest BCUT2D eigenvalue weighted by atomic mass is 16.1. The van der Waals surface area contributed by atoms with Crippen LogP contribution in [0.15, 0.2) is 48.9 Å². The van der Waals surface area contributed by atoms with Crippen LogP contribution in [-0.4, -0.2) is 25.5 Å². The zero-order valence-electron chi connectivity index (χ0n) is 15.1. The maximum absolute atomic E-state index is 11.7. The average molecular weight is 370 g/mol. The first-order valence-electron chi connectivity index (χ1n) is 9.45. The lowest BCUT2D eigenvalue weighted by Crippen LogP contribution is -2.03. The molecule has 1 saturated carbocycles. The Hall–Kier alpha value is -3.61. The largest absolute Gasteiger partial charge is 0.336 e. The molecule has 0 saturated heterocycles. The minimum atomic E-state index is 0.0459. The number of hydrogen-bond acceptors (Lipinski definition) is 4. The number of anilines is 3. The molecule has 4 aromatic rings. The summed E-state index contributed by atoms with van der Waals surface area (Å²) in [5.74, 6) is 1.47. The molecular weight excluding hydrogens is 352 g/mol. The van der Waals surface area contributed by atoms with Crippen LogP contribution >= 0.6 is 0 Å². The van der Waals surface area contributed by atoms with Gasteiger partial charge in [0, 0.05) is 47.5 Å². The zero-order chi connectivity index (χ0) is 18.7. The van der Waals surface area contributed by atoms with Gasteiger partial charge in [0.05, 0.1) is 12.1 Å². The number of imidazole rings is 1. The number of aromatic nitrogens is 4. The summed E-state index contributed by atoms with van der Waals surface area (Å²) >= 11 is 0. The predicted octanol–water partition coefficient (Wildman–Crippen LogP) is 3.84. The lowest BCUT2D eigenvalue weighted by atomic mass is 10.0. The molecule has 0 bridgehead atoms. The van der Waals surface area contributed by atoms with E-state index >= 15 is 0 Å². The van der Waals surface area contributed by atoms with Crippen molar-refractivity contribution in [2.24, 2.45) is 0 Å². The second-order valence-corrected chi connectivity index (χ2v) is 7.51. The van der Waals surface area contributed by atoms with E-state index in [2.05, 4.69) is 44.0 Å². The Morgan fingerprint density at radius 1 is 1.14 bits per heavy atom. The van der Waals surface area contributed by atoms with Gasteiger partial charge in [-0.15, -0.1) is 0 Å². The summed E-state index contributed by atoms with van der Waals surface area (Å²) in [4.78, 5) is 16.1. The normalized spacial score (nSPS) is 15.6. The van der Waals surface area contributed by atoms with Crippen LogP contribution in [0.2, 0.25) is 0 Å². The van der Waals surface area contributed by atoms with E-state index in [1.807, 2.05) is 28.9 Å². The Bertz CT molecular complexity index is 1230. The molecule has 1 aromatic carbocycles. The summed E-state index contributed by atoms with van der Waals surface area (Å²) < 4.78 is 2.00. The van der Waals surface area contributed by atoms with E-state index in [0.29, 0.717) is 12.3 Å². The summed E-state index contributed by atoms with van der Waals surface area (Å²) in [6.45, 7) is 0. The van der Waals surface area contributed by atoms with Gasteiger partial charge in [0.2, 0.25) is 5.91 Å². The Morgan fingerprint density at radius 3 is 2.96 bits per heavy atom. The van der Waals surface area contributed by atoms with Crippen LogP contribution in [0.5, 0.6) is 0 Å². The number of carbonyl (C=O) groups is 1. The van der Waals surface area contributed by atoms with Crippen molar-refractivity contribution in [3.05, 3.63) is 60.2 Å². The summed E-state index contributed by atoms with van der Waals surface area (Å²) in [5, 5.41) is 13.9. The molecule has 3 N–H and O–H groups in total. The fourth-order valence-electron chi connectivity index (χ4n) is 3.82. The molecule has 0 atom stereocenters. The first-order chi connectivity index (χ1) is 13.7. The van der Waals surface area contributed by atoms with Gasteiger partial charge in [-0.25, -0.2) is 4.98 Å². The number of amides is 1. The molecule has 6 rings (SSSR count). The van der Waals surface area contributed by atoms with E-state index in [-0.39, 0.29) is 5.91 Å². The summed E-state index contributed by atoms with van der Waals surface area (Å²) in [5.41, 5.74) is 6.93. The lowest BCUT2D eigenvalue weighted by Gasteiger charge is -2.10. The summed E-state index contributed by atoms with van der Waals surface area (Å²) in [7, 11) is 0. The molecule has 0 radical (unpaired) electrons. The molecule has 28 heavy (non-hydrogen) atoms. The number of H-pyrrole nitrogens is 1. The fourth-order valence-corrected chi connectivity index (χ4v) is 3.82. The van der Waals surface area contributed by atoms with Gasteiger partial charge < -0.3 is 15.0 Å². The van der Waals surface area contributed by atoms with E-state index in [9.17, 15) is 4.79 Å². The highest BCUT2D eigenvalue weighted by Gasteiger charge is 2.25. The van der Waals surface area contributed by atoms with E-state index in [1.165, 1.54) is 18.5 Å². The van der Waals surface area contributed by atoms with Gasteiger partial charge in [-0.2, -0.15) is 5.10 Å². The number of aromatic amines is 1. The van der Waals surface area contributed by atoms with Gasteiger partial charge in [-0.3, -0.25) is 9.89 Å². The molecule has 0 spiro atoms. The Kier molecular flexibility index (Phi) is 3.14. The molecule has 138 valence electrons. The molecule has 7 heteroatoms. The molecule has 1 fully saturated rings. The van der Waals surface area contributed by atoms with Crippen LogP contribution in [0, 0.1) is 0 Å². The van der Waals surface area contributed by atoms with Crippen molar-refractivity contribution in [3.8, 4) is 11.1 Å². The second kappa shape index (κ2) is 5.69. The third kappa shape index (κ3) is 2.55. The topological polar surface area (TPSA) is 87.1 Å².